The second-order valence-corrected chi connectivity index (χ2v) is 6.30. The average Bonchev–Trinajstić information content (AvgIpc) is 3.01. The van der Waals surface area contributed by atoms with Gasteiger partial charge in [-0.2, -0.15) is 0 Å². The van der Waals surface area contributed by atoms with E-state index in [1.165, 1.54) is 11.1 Å². The Hall–Kier alpha value is -1.04. The summed E-state index contributed by atoms with van der Waals surface area (Å²) in [5.74, 6) is 1.98. The van der Waals surface area contributed by atoms with Crippen LogP contribution in [-0.4, -0.2) is 48.2 Å². The molecule has 2 aliphatic heterocycles. The molecule has 1 amide bonds. The number of thioether (sulfide) groups is 1. The zero-order chi connectivity index (χ0) is 13.9. The lowest BCUT2D eigenvalue weighted by Crippen LogP contribution is -2.50. The van der Waals surface area contributed by atoms with Gasteiger partial charge in [-0.3, -0.25) is 10.1 Å². The molecule has 1 aromatic rings. The van der Waals surface area contributed by atoms with Crippen molar-refractivity contribution >= 4 is 17.7 Å². The number of aryl methyl sites for hydroxylation is 1. The third-order valence-corrected chi connectivity index (χ3v) is 4.87. The van der Waals surface area contributed by atoms with Crippen LogP contribution in [0.5, 0.6) is 0 Å². The van der Waals surface area contributed by atoms with Crippen molar-refractivity contribution in [3.05, 3.63) is 35.4 Å². The van der Waals surface area contributed by atoms with Crippen LogP contribution < -0.4 is 5.32 Å². The summed E-state index contributed by atoms with van der Waals surface area (Å²) in [4.78, 5) is 14.4. The lowest BCUT2D eigenvalue weighted by atomic mass is 10.0. The number of hydrogen-bond acceptors (Lipinski definition) is 4. The Morgan fingerprint density at radius 1 is 1.45 bits per heavy atom. The van der Waals surface area contributed by atoms with Crippen LogP contribution in [-0.2, 0) is 9.53 Å². The molecule has 5 heteroatoms. The van der Waals surface area contributed by atoms with Gasteiger partial charge < -0.3 is 9.64 Å². The fourth-order valence-corrected chi connectivity index (χ4v) is 3.69. The van der Waals surface area contributed by atoms with Crippen LogP contribution in [0.3, 0.4) is 0 Å². The van der Waals surface area contributed by atoms with Gasteiger partial charge >= 0.3 is 0 Å². The molecule has 2 fully saturated rings. The second kappa shape index (κ2) is 6.16. The van der Waals surface area contributed by atoms with Crippen molar-refractivity contribution in [3.8, 4) is 0 Å². The highest BCUT2D eigenvalue weighted by Crippen LogP contribution is 2.25. The van der Waals surface area contributed by atoms with Gasteiger partial charge in [0.15, 0.2) is 0 Å². The van der Waals surface area contributed by atoms with Crippen molar-refractivity contribution in [1.29, 1.82) is 0 Å². The molecule has 4 nitrogen and oxygen atoms in total. The third-order valence-electron chi connectivity index (χ3n) is 3.93. The van der Waals surface area contributed by atoms with Gasteiger partial charge in [0, 0.05) is 18.2 Å². The first-order chi connectivity index (χ1) is 9.75. The molecule has 2 saturated heterocycles. The van der Waals surface area contributed by atoms with Crippen molar-refractivity contribution in [3.63, 3.8) is 0 Å². The quantitative estimate of drug-likeness (QED) is 0.898. The zero-order valence-electron chi connectivity index (χ0n) is 11.7. The summed E-state index contributed by atoms with van der Waals surface area (Å²) in [5, 5.41) is 3.25. The maximum Gasteiger partial charge on any atom is 0.240 e. The number of morpholine rings is 1. The predicted octanol–water partition coefficient (Wildman–Crippen LogP) is 1.56. The van der Waals surface area contributed by atoms with Crippen LogP contribution in [0.1, 0.15) is 17.2 Å². The molecule has 0 bridgehead atoms. The maximum absolute atomic E-state index is 12.5. The normalized spacial score (nSPS) is 26.8. The average molecular weight is 292 g/mol. The lowest BCUT2D eigenvalue weighted by Gasteiger charge is -2.35. The molecule has 0 spiro atoms. The Bertz CT molecular complexity index is 489. The Labute approximate surface area is 123 Å². The second-order valence-electron chi connectivity index (χ2n) is 5.27. The molecular formula is C15H20N2O2S. The maximum atomic E-state index is 12.5. The molecule has 20 heavy (non-hydrogen) atoms. The fraction of sp³-hybridized carbons (Fsp3) is 0.533. The van der Waals surface area contributed by atoms with Crippen LogP contribution in [0.15, 0.2) is 24.3 Å². The molecule has 3 rings (SSSR count). The minimum Gasteiger partial charge on any atom is -0.370 e. The molecule has 0 aromatic heterocycles. The standard InChI is InChI=1S/C15H20N2O2S/c1-11-4-2-3-5-12(11)14-8-17(6-7-19-14)15(18)13-9-20-10-16-13/h2-5,13-14,16H,6-10H2,1H3. The molecule has 0 aliphatic carbocycles. The van der Waals surface area contributed by atoms with Crippen molar-refractivity contribution in [2.45, 2.75) is 19.1 Å². The van der Waals surface area contributed by atoms with E-state index in [-0.39, 0.29) is 18.1 Å². The summed E-state index contributed by atoms with van der Waals surface area (Å²) in [6, 6.07) is 8.23. The number of nitrogens with zero attached hydrogens (tertiary/aromatic N) is 1. The number of hydrogen-bond donors (Lipinski definition) is 1. The molecule has 1 N–H and O–H groups in total. The van der Waals surface area contributed by atoms with Crippen LogP contribution in [0, 0.1) is 6.92 Å². The van der Waals surface area contributed by atoms with Gasteiger partial charge in [0.25, 0.3) is 0 Å². The summed E-state index contributed by atoms with van der Waals surface area (Å²) in [6.07, 6.45) is 0.00274. The number of ether oxygens (including phenoxy) is 1. The molecule has 2 unspecified atom stereocenters. The van der Waals surface area contributed by atoms with Crippen molar-refractivity contribution < 1.29 is 9.53 Å². The van der Waals surface area contributed by atoms with Crippen LogP contribution >= 0.6 is 11.8 Å². The van der Waals surface area contributed by atoms with Gasteiger partial charge in [-0.05, 0) is 18.1 Å². The first-order valence-electron chi connectivity index (χ1n) is 7.03. The number of carbonyl (C=O) groups is 1. The third kappa shape index (κ3) is 2.85. The summed E-state index contributed by atoms with van der Waals surface area (Å²) in [6.45, 7) is 4.07. The summed E-state index contributed by atoms with van der Waals surface area (Å²) >= 11 is 1.78. The molecule has 0 radical (unpaired) electrons. The summed E-state index contributed by atoms with van der Waals surface area (Å²) < 4.78 is 5.87. The van der Waals surface area contributed by atoms with Crippen LogP contribution in [0.25, 0.3) is 0 Å². The molecule has 108 valence electrons. The Morgan fingerprint density at radius 2 is 2.30 bits per heavy atom. The van der Waals surface area contributed by atoms with Crippen molar-refractivity contribution in [1.82, 2.24) is 10.2 Å². The van der Waals surface area contributed by atoms with E-state index >= 15 is 0 Å². The molecule has 2 atom stereocenters. The number of nitrogens with one attached hydrogen (secondary N) is 1. The van der Waals surface area contributed by atoms with Gasteiger partial charge in [0.05, 0.1) is 19.2 Å². The van der Waals surface area contributed by atoms with Crippen LogP contribution in [0.2, 0.25) is 0 Å². The monoisotopic (exact) mass is 292 g/mol. The van der Waals surface area contributed by atoms with Crippen molar-refractivity contribution in [2.75, 3.05) is 31.3 Å². The number of benzene rings is 1. The molecular weight excluding hydrogens is 272 g/mol. The van der Waals surface area contributed by atoms with Crippen LogP contribution in [0.4, 0.5) is 0 Å². The summed E-state index contributed by atoms with van der Waals surface area (Å²) in [7, 11) is 0. The molecule has 2 aliphatic rings. The minimum absolute atomic E-state index is 0.00274. The van der Waals surface area contributed by atoms with E-state index in [0.29, 0.717) is 19.7 Å². The SMILES string of the molecule is Cc1ccccc1C1CN(C(=O)C2CSCN2)CCO1. The van der Waals surface area contributed by atoms with E-state index in [9.17, 15) is 4.79 Å². The smallest absolute Gasteiger partial charge is 0.240 e. The molecule has 2 heterocycles. The predicted molar refractivity (Wildman–Crippen MR) is 80.7 cm³/mol. The Balaban J connectivity index is 1.70. The molecule has 1 aromatic carbocycles. The number of rotatable bonds is 2. The largest absolute Gasteiger partial charge is 0.370 e. The highest BCUT2D eigenvalue weighted by Gasteiger charge is 2.31. The first kappa shape index (κ1) is 13.9. The van der Waals surface area contributed by atoms with Gasteiger partial charge in [0.1, 0.15) is 6.10 Å². The van der Waals surface area contributed by atoms with E-state index in [1.54, 1.807) is 11.8 Å². The lowest BCUT2D eigenvalue weighted by molar-refractivity contribution is -0.140. The highest BCUT2D eigenvalue weighted by atomic mass is 32.2. The highest BCUT2D eigenvalue weighted by molar-refractivity contribution is 7.99. The fourth-order valence-electron chi connectivity index (χ4n) is 2.76. The summed E-state index contributed by atoms with van der Waals surface area (Å²) in [5.41, 5.74) is 2.42. The number of amides is 1. The van der Waals surface area contributed by atoms with E-state index in [1.807, 2.05) is 17.0 Å². The Kier molecular flexibility index (Phi) is 4.29. The number of carbonyl (C=O) groups excluding carboxylic acids is 1. The van der Waals surface area contributed by atoms with Crippen molar-refractivity contribution in [2.24, 2.45) is 0 Å². The zero-order valence-corrected chi connectivity index (χ0v) is 12.5. The Morgan fingerprint density at radius 3 is 3.05 bits per heavy atom. The van der Waals surface area contributed by atoms with E-state index in [4.69, 9.17) is 4.74 Å². The van der Waals surface area contributed by atoms with Gasteiger partial charge in [-0.1, -0.05) is 24.3 Å². The minimum atomic E-state index is -0.0179. The van der Waals surface area contributed by atoms with E-state index < -0.39 is 0 Å². The molecule has 0 saturated carbocycles. The van der Waals surface area contributed by atoms with Gasteiger partial charge in [-0.25, -0.2) is 0 Å². The first-order valence-corrected chi connectivity index (χ1v) is 8.18. The topological polar surface area (TPSA) is 41.6 Å². The van der Waals surface area contributed by atoms with Gasteiger partial charge in [0.2, 0.25) is 5.91 Å². The van der Waals surface area contributed by atoms with Gasteiger partial charge in [-0.15, -0.1) is 11.8 Å². The van der Waals surface area contributed by atoms with E-state index in [2.05, 4.69) is 24.4 Å². The van der Waals surface area contributed by atoms with E-state index in [0.717, 1.165) is 11.6 Å².